The van der Waals surface area contributed by atoms with Crippen molar-refractivity contribution >= 4 is 11.3 Å². The molecule has 1 aromatic heterocycles. The molecule has 90 valence electrons. The summed E-state index contributed by atoms with van der Waals surface area (Å²) < 4.78 is 0. The second-order valence-corrected chi connectivity index (χ2v) is 6.53. The van der Waals surface area contributed by atoms with Gasteiger partial charge in [0.15, 0.2) is 0 Å². The summed E-state index contributed by atoms with van der Waals surface area (Å²) in [6.07, 6.45) is 8.27. The topological polar surface area (TPSA) is 26.0 Å². The van der Waals surface area contributed by atoms with Crippen molar-refractivity contribution in [2.75, 3.05) is 0 Å². The first-order chi connectivity index (χ1) is 7.66. The van der Waals surface area contributed by atoms with Crippen LogP contribution in [0, 0.1) is 19.8 Å². The van der Waals surface area contributed by atoms with Gasteiger partial charge >= 0.3 is 0 Å². The molecule has 0 bridgehead atoms. The third-order valence-electron chi connectivity index (χ3n) is 3.78. The number of nitrogens with two attached hydrogens (primary N) is 1. The molecule has 0 aromatic carbocycles. The van der Waals surface area contributed by atoms with Gasteiger partial charge in [0, 0.05) is 15.8 Å². The highest BCUT2D eigenvalue weighted by Gasteiger charge is 2.18. The summed E-state index contributed by atoms with van der Waals surface area (Å²) in [5.41, 5.74) is 7.69. The molecule has 1 aliphatic carbocycles. The van der Waals surface area contributed by atoms with Crippen LogP contribution in [-0.4, -0.2) is 0 Å². The third kappa shape index (κ3) is 2.86. The van der Waals surface area contributed by atoms with Crippen LogP contribution in [-0.2, 0) is 0 Å². The number of rotatable bonds is 4. The van der Waals surface area contributed by atoms with E-state index < -0.39 is 0 Å². The highest BCUT2D eigenvalue weighted by atomic mass is 32.1. The Kier molecular flexibility index (Phi) is 4.04. The second-order valence-electron chi connectivity index (χ2n) is 5.24. The van der Waals surface area contributed by atoms with Crippen LogP contribution in [0.15, 0.2) is 6.07 Å². The predicted octanol–water partition coefficient (Wildman–Crippen LogP) is 4.34. The molecular formula is C14H23NS. The Balaban J connectivity index is 1.87. The summed E-state index contributed by atoms with van der Waals surface area (Å²) in [6.45, 7) is 4.36. The lowest BCUT2D eigenvalue weighted by atomic mass is 9.97. The van der Waals surface area contributed by atoms with E-state index in [-0.39, 0.29) is 6.04 Å². The van der Waals surface area contributed by atoms with Gasteiger partial charge in [-0.1, -0.05) is 25.7 Å². The molecule has 0 amide bonds. The van der Waals surface area contributed by atoms with Gasteiger partial charge in [0.1, 0.15) is 0 Å². The Morgan fingerprint density at radius 2 is 2.06 bits per heavy atom. The lowest BCUT2D eigenvalue weighted by Crippen LogP contribution is -2.11. The predicted molar refractivity (Wildman–Crippen MR) is 71.9 cm³/mol. The van der Waals surface area contributed by atoms with Gasteiger partial charge in [-0.2, -0.15) is 0 Å². The summed E-state index contributed by atoms with van der Waals surface area (Å²) in [5, 5.41) is 0. The fourth-order valence-corrected chi connectivity index (χ4v) is 3.94. The third-order valence-corrected chi connectivity index (χ3v) is 5.06. The van der Waals surface area contributed by atoms with Gasteiger partial charge in [-0.15, -0.1) is 11.3 Å². The zero-order valence-electron chi connectivity index (χ0n) is 10.5. The minimum Gasteiger partial charge on any atom is -0.323 e. The molecule has 16 heavy (non-hydrogen) atoms. The first kappa shape index (κ1) is 12.1. The molecule has 0 spiro atoms. The molecule has 1 nitrogen and oxygen atoms in total. The van der Waals surface area contributed by atoms with Crippen molar-refractivity contribution in [1.29, 1.82) is 0 Å². The molecular weight excluding hydrogens is 214 g/mol. The summed E-state index contributed by atoms with van der Waals surface area (Å²) in [4.78, 5) is 2.80. The molecule has 0 saturated heterocycles. The summed E-state index contributed by atoms with van der Waals surface area (Å²) in [5.74, 6) is 0.965. The van der Waals surface area contributed by atoms with E-state index in [2.05, 4.69) is 19.9 Å². The van der Waals surface area contributed by atoms with E-state index in [9.17, 15) is 0 Å². The minimum absolute atomic E-state index is 0.277. The van der Waals surface area contributed by atoms with Crippen molar-refractivity contribution in [3.63, 3.8) is 0 Å². The van der Waals surface area contributed by atoms with E-state index in [1.54, 1.807) is 0 Å². The van der Waals surface area contributed by atoms with Crippen LogP contribution < -0.4 is 5.73 Å². The molecule has 1 fully saturated rings. The SMILES string of the molecule is Cc1cc(C)c(C(N)CCC2CCCC2)s1. The maximum atomic E-state index is 6.30. The lowest BCUT2D eigenvalue weighted by Gasteiger charge is -2.14. The average Bonchev–Trinajstić information content (AvgIpc) is 2.84. The zero-order chi connectivity index (χ0) is 11.5. The Morgan fingerprint density at radius 1 is 1.38 bits per heavy atom. The Labute approximate surface area is 103 Å². The quantitative estimate of drug-likeness (QED) is 0.828. The number of hydrogen-bond donors (Lipinski definition) is 1. The first-order valence-electron chi connectivity index (χ1n) is 6.49. The van der Waals surface area contributed by atoms with Crippen LogP contribution in [0.1, 0.15) is 59.9 Å². The maximum absolute atomic E-state index is 6.30. The normalized spacial score (nSPS) is 19.2. The van der Waals surface area contributed by atoms with Crippen molar-refractivity contribution in [2.45, 2.75) is 58.4 Å². The van der Waals surface area contributed by atoms with Crippen molar-refractivity contribution in [3.8, 4) is 0 Å². The fraction of sp³-hybridized carbons (Fsp3) is 0.714. The smallest absolute Gasteiger partial charge is 0.0392 e. The largest absolute Gasteiger partial charge is 0.323 e. The Bertz CT molecular complexity index is 337. The van der Waals surface area contributed by atoms with Crippen LogP contribution in [0.5, 0.6) is 0 Å². The molecule has 1 unspecified atom stereocenters. The van der Waals surface area contributed by atoms with Crippen molar-refractivity contribution in [2.24, 2.45) is 11.7 Å². The van der Waals surface area contributed by atoms with E-state index in [1.807, 2.05) is 11.3 Å². The van der Waals surface area contributed by atoms with Crippen LogP contribution in [0.25, 0.3) is 0 Å². The second kappa shape index (κ2) is 5.33. The molecule has 1 aromatic rings. The summed E-state index contributed by atoms with van der Waals surface area (Å²) >= 11 is 1.88. The van der Waals surface area contributed by atoms with Crippen molar-refractivity contribution < 1.29 is 0 Å². The molecule has 0 radical (unpaired) electrons. The molecule has 0 aliphatic heterocycles. The molecule has 2 heteroatoms. The van der Waals surface area contributed by atoms with Crippen LogP contribution in [0.3, 0.4) is 0 Å². The van der Waals surface area contributed by atoms with Gasteiger partial charge in [-0.05, 0) is 44.2 Å². The minimum atomic E-state index is 0.277. The average molecular weight is 237 g/mol. The van der Waals surface area contributed by atoms with Gasteiger partial charge in [0.05, 0.1) is 0 Å². The molecule has 2 rings (SSSR count). The lowest BCUT2D eigenvalue weighted by molar-refractivity contribution is 0.455. The monoisotopic (exact) mass is 237 g/mol. The first-order valence-corrected chi connectivity index (χ1v) is 7.31. The molecule has 1 aliphatic rings. The van der Waals surface area contributed by atoms with Gasteiger partial charge < -0.3 is 5.73 Å². The van der Waals surface area contributed by atoms with Crippen molar-refractivity contribution in [1.82, 2.24) is 0 Å². The van der Waals surface area contributed by atoms with E-state index in [0.717, 1.165) is 5.92 Å². The van der Waals surface area contributed by atoms with Crippen LogP contribution in [0.4, 0.5) is 0 Å². The standard InChI is InChI=1S/C14H23NS/c1-10-9-11(2)16-14(10)13(15)8-7-12-5-3-4-6-12/h9,12-13H,3-8,15H2,1-2H3. The maximum Gasteiger partial charge on any atom is 0.0392 e. The Hall–Kier alpha value is -0.340. The van der Waals surface area contributed by atoms with Gasteiger partial charge in [-0.3, -0.25) is 0 Å². The highest BCUT2D eigenvalue weighted by molar-refractivity contribution is 7.12. The van der Waals surface area contributed by atoms with E-state index in [4.69, 9.17) is 5.73 Å². The van der Waals surface area contributed by atoms with E-state index in [0.29, 0.717) is 0 Å². The number of hydrogen-bond acceptors (Lipinski definition) is 2. The van der Waals surface area contributed by atoms with Crippen LogP contribution >= 0.6 is 11.3 Å². The van der Waals surface area contributed by atoms with Gasteiger partial charge in [0.25, 0.3) is 0 Å². The highest BCUT2D eigenvalue weighted by Crippen LogP contribution is 2.33. The fourth-order valence-electron chi connectivity index (χ4n) is 2.87. The Morgan fingerprint density at radius 3 is 2.62 bits per heavy atom. The molecule has 1 atom stereocenters. The van der Waals surface area contributed by atoms with Gasteiger partial charge in [-0.25, -0.2) is 0 Å². The zero-order valence-corrected chi connectivity index (χ0v) is 11.3. The molecule has 1 saturated carbocycles. The van der Waals surface area contributed by atoms with E-state index >= 15 is 0 Å². The molecule has 2 N–H and O–H groups in total. The van der Waals surface area contributed by atoms with Gasteiger partial charge in [0.2, 0.25) is 0 Å². The van der Waals surface area contributed by atoms with Crippen molar-refractivity contribution in [3.05, 3.63) is 21.4 Å². The number of thiophene rings is 1. The van der Waals surface area contributed by atoms with Crippen LogP contribution in [0.2, 0.25) is 0 Å². The summed E-state index contributed by atoms with van der Waals surface area (Å²) in [6, 6.07) is 2.54. The van der Waals surface area contributed by atoms with E-state index in [1.165, 1.54) is 53.8 Å². The summed E-state index contributed by atoms with van der Waals surface area (Å²) in [7, 11) is 0. The molecule has 1 heterocycles. The number of aryl methyl sites for hydroxylation is 2.